The predicted molar refractivity (Wildman–Crippen MR) is 75.9 cm³/mol. The van der Waals surface area contributed by atoms with Crippen molar-refractivity contribution >= 4 is 21.8 Å². The molecule has 0 aliphatic rings. The van der Waals surface area contributed by atoms with E-state index in [0.29, 0.717) is 6.42 Å². The van der Waals surface area contributed by atoms with Gasteiger partial charge in [-0.3, -0.25) is 4.79 Å². The van der Waals surface area contributed by atoms with Gasteiger partial charge < -0.3 is 10.1 Å². The third kappa shape index (κ3) is 8.14. The van der Waals surface area contributed by atoms with Crippen LogP contribution in [0.3, 0.4) is 0 Å². The molecule has 0 aromatic rings. The predicted octanol–water partition coefficient (Wildman–Crippen LogP) is 0.255. The molecule has 0 saturated heterocycles. The average molecular weight is 319 g/mol. The van der Waals surface area contributed by atoms with E-state index in [9.17, 15) is 18.0 Å². The van der Waals surface area contributed by atoms with Gasteiger partial charge in [-0.25, -0.2) is 18.1 Å². The molecule has 0 radical (unpaired) electrons. The van der Waals surface area contributed by atoms with Gasteiger partial charge in [0.25, 0.3) is 5.91 Å². The van der Waals surface area contributed by atoms with Crippen molar-refractivity contribution in [1.29, 1.82) is 5.26 Å². The van der Waals surface area contributed by atoms with E-state index in [1.54, 1.807) is 13.1 Å². The molecule has 2 amide bonds. The minimum absolute atomic E-state index is 0.0855. The van der Waals surface area contributed by atoms with Gasteiger partial charge in [0, 0.05) is 12.8 Å². The van der Waals surface area contributed by atoms with Gasteiger partial charge in [-0.15, -0.1) is 0 Å². The molecule has 1 unspecified atom stereocenters. The first-order valence-corrected chi connectivity index (χ1v) is 8.63. The van der Waals surface area contributed by atoms with E-state index in [1.807, 2.05) is 6.92 Å². The van der Waals surface area contributed by atoms with E-state index in [2.05, 4.69) is 5.32 Å². The first kappa shape index (κ1) is 19.2. The molecule has 0 aliphatic heterocycles. The molecule has 0 bridgehead atoms. The minimum atomic E-state index is -3.52. The number of nitrogens with one attached hydrogen (secondary N) is 1. The van der Waals surface area contributed by atoms with E-state index < -0.39 is 33.6 Å². The molecule has 120 valence electrons. The lowest BCUT2D eigenvalue weighted by Gasteiger charge is -2.20. The number of nitrogens with zero attached hydrogens (tertiary/aromatic N) is 2. The van der Waals surface area contributed by atoms with Gasteiger partial charge in [-0.2, -0.15) is 5.26 Å². The number of hydrogen-bond acceptors (Lipinski definition) is 6. The van der Waals surface area contributed by atoms with Crippen molar-refractivity contribution in [3.8, 4) is 6.19 Å². The van der Waals surface area contributed by atoms with E-state index >= 15 is 0 Å². The first-order chi connectivity index (χ1) is 9.75. The number of amides is 2. The lowest BCUT2D eigenvalue weighted by atomic mass is 10.3. The lowest BCUT2D eigenvalue weighted by molar-refractivity contribution is -0.129. The molecule has 0 fully saturated rings. The molecular weight excluding hydrogens is 298 g/mol. The standard InChI is InChI=1S/C12H21N3O5S/c1-4-6-7-20-12(17)14-10(8-21(3,18)19)11(16)15(5-2)9-13/h10H,4-8H2,1-3H3,(H,14,17). The Labute approximate surface area is 125 Å². The van der Waals surface area contributed by atoms with E-state index in [-0.39, 0.29) is 13.2 Å². The Kier molecular flexibility index (Phi) is 8.38. The molecule has 1 N–H and O–H groups in total. The van der Waals surface area contributed by atoms with Crippen LogP contribution < -0.4 is 5.32 Å². The Morgan fingerprint density at radius 1 is 1.38 bits per heavy atom. The third-order valence-corrected chi connectivity index (χ3v) is 3.43. The van der Waals surface area contributed by atoms with Crippen molar-refractivity contribution in [3.63, 3.8) is 0 Å². The summed E-state index contributed by atoms with van der Waals surface area (Å²) in [5.41, 5.74) is 0. The fourth-order valence-corrected chi connectivity index (χ4v) is 2.27. The summed E-state index contributed by atoms with van der Waals surface area (Å²) >= 11 is 0. The van der Waals surface area contributed by atoms with Gasteiger partial charge in [0.2, 0.25) is 0 Å². The number of carbonyl (C=O) groups is 2. The molecule has 1 atom stereocenters. The summed E-state index contributed by atoms with van der Waals surface area (Å²) in [6, 6.07) is -1.34. The van der Waals surface area contributed by atoms with E-state index in [0.717, 1.165) is 17.6 Å². The molecular formula is C12H21N3O5S. The highest BCUT2D eigenvalue weighted by Crippen LogP contribution is 2.00. The van der Waals surface area contributed by atoms with Crippen LogP contribution in [0.4, 0.5) is 4.79 Å². The number of sulfone groups is 1. The summed E-state index contributed by atoms with van der Waals surface area (Å²) in [7, 11) is -3.52. The van der Waals surface area contributed by atoms with Crippen LogP contribution in [-0.2, 0) is 19.4 Å². The molecule has 0 spiro atoms. The quantitative estimate of drug-likeness (QED) is 0.389. The molecule has 0 rings (SSSR count). The highest BCUT2D eigenvalue weighted by molar-refractivity contribution is 7.90. The van der Waals surface area contributed by atoms with Crippen molar-refractivity contribution in [2.45, 2.75) is 32.7 Å². The fraction of sp³-hybridized carbons (Fsp3) is 0.750. The number of carbonyl (C=O) groups excluding carboxylic acids is 2. The van der Waals surface area contributed by atoms with Crippen LogP contribution in [0, 0.1) is 11.5 Å². The van der Waals surface area contributed by atoms with Gasteiger partial charge in [0.05, 0.1) is 12.4 Å². The van der Waals surface area contributed by atoms with Crippen LogP contribution >= 0.6 is 0 Å². The third-order valence-electron chi connectivity index (χ3n) is 2.49. The Bertz CT molecular complexity index is 498. The number of unbranched alkanes of at least 4 members (excludes halogenated alkanes) is 1. The minimum Gasteiger partial charge on any atom is -0.450 e. The van der Waals surface area contributed by atoms with Crippen LogP contribution in [0.25, 0.3) is 0 Å². The van der Waals surface area contributed by atoms with Crippen molar-refractivity contribution in [2.75, 3.05) is 25.2 Å². The summed E-state index contributed by atoms with van der Waals surface area (Å²) in [5, 5.41) is 11.0. The van der Waals surface area contributed by atoms with E-state index in [1.165, 1.54) is 0 Å². The van der Waals surface area contributed by atoms with Crippen molar-refractivity contribution < 1.29 is 22.7 Å². The zero-order chi connectivity index (χ0) is 16.5. The molecule has 0 aliphatic carbocycles. The second kappa shape index (κ2) is 9.18. The molecule has 0 saturated carbocycles. The monoisotopic (exact) mass is 319 g/mol. The Morgan fingerprint density at radius 2 is 2.00 bits per heavy atom. The largest absolute Gasteiger partial charge is 0.450 e. The van der Waals surface area contributed by atoms with Crippen LogP contribution in [0.15, 0.2) is 0 Å². The van der Waals surface area contributed by atoms with Gasteiger partial charge in [-0.05, 0) is 13.3 Å². The zero-order valence-corrected chi connectivity index (χ0v) is 13.3. The second-order valence-corrected chi connectivity index (χ2v) is 6.65. The maximum Gasteiger partial charge on any atom is 0.407 e. The van der Waals surface area contributed by atoms with Crippen molar-refractivity contribution in [3.05, 3.63) is 0 Å². The van der Waals surface area contributed by atoms with Gasteiger partial charge in [0.15, 0.2) is 6.19 Å². The van der Waals surface area contributed by atoms with Gasteiger partial charge >= 0.3 is 6.09 Å². The number of rotatable bonds is 8. The average Bonchev–Trinajstić information content (AvgIpc) is 2.38. The molecule has 0 aromatic carbocycles. The summed E-state index contributed by atoms with van der Waals surface area (Å²) < 4.78 is 27.5. The first-order valence-electron chi connectivity index (χ1n) is 6.57. The summed E-state index contributed by atoms with van der Waals surface area (Å²) in [4.78, 5) is 24.3. The number of alkyl carbamates (subject to hydrolysis) is 1. The van der Waals surface area contributed by atoms with Crippen molar-refractivity contribution in [1.82, 2.24) is 10.2 Å². The summed E-state index contributed by atoms with van der Waals surface area (Å²) in [6.07, 6.45) is 3.20. The van der Waals surface area contributed by atoms with E-state index in [4.69, 9.17) is 10.00 Å². The van der Waals surface area contributed by atoms with Gasteiger partial charge in [0.1, 0.15) is 15.9 Å². The molecule has 9 heteroatoms. The molecule has 8 nitrogen and oxygen atoms in total. The fourth-order valence-electron chi connectivity index (χ4n) is 1.43. The smallest absolute Gasteiger partial charge is 0.407 e. The molecule has 0 heterocycles. The topological polar surface area (TPSA) is 117 Å². The Morgan fingerprint density at radius 3 is 2.43 bits per heavy atom. The van der Waals surface area contributed by atoms with Crippen molar-refractivity contribution in [2.24, 2.45) is 0 Å². The maximum absolute atomic E-state index is 12.0. The number of ether oxygens (including phenoxy) is 1. The summed E-state index contributed by atoms with van der Waals surface area (Å²) in [5.74, 6) is -1.37. The van der Waals surface area contributed by atoms with Crippen LogP contribution in [0.1, 0.15) is 26.7 Å². The highest BCUT2D eigenvalue weighted by Gasteiger charge is 2.29. The zero-order valence-electron chi connectivity index (χ0n) is 12.5. The lowest BCUT2D eigenvalue weighted by Crippen LogP contribution is -2.50. The molecule has 0 aromatic heterocycles. The maximum atomic E-state index is 12.0. The summed E-state index contributed by atoms with van der Waals surface area (Å²) in [6.45, 7) is 3.75. The normalized spacial score (nSPS) is 12.1. The van der Waals surface area contributed by atoms with Gasteiger partial charge in [-0.1, -0.05) is 13.3 Å². The van der Waals surface area contributed by atoms with Crippen LogP contribution in [0.5, 0.6) is 0 Å². The van der Waals surface area contributed by atoms with Crippen LogP contribution in [0.2, 0.25) is 0 Å². The van der Waals surface area contributed by atoms with Crippen LogP contribution in [-0.4, -0.2) is 56.5 Å². The SMILES string of the molecule is CCCCOC(=O)NC(CS(C)(=O)=O)C(=O)N(C#N)CC. The Balaban J connectivity index is 4.87. The number of hydrogen-bond donors (Lipinski definition) is 1. The second-order valence-electron chi connectivity index (χ2n) is 4.46. The molecule has 21 heavy (non-hydrogen) atoms. The highest BCUT2D eigenvalue weighted by atomic mass is 32.2. The number of nitriles is 1. The Hall–Kier alpha value is -1.82. The number of likely N-dealkylation sites (N-methyl/N-ethyl adjacent to an activating group) is 1.